The average molecular weight is 457 g/mol. The van der Waals surface area contributed by atoms with E-state index in [1.807, 2.05) is 33.7 Å². The van der Waals surface area contributed by atoms with Crippen LogP contribution in [0.25, 0.3) is 11.1 Å². The molecule has 1 atom stereocenters. The molecule has 2 aromatic carbocycles. The van der Waals surface area contributed by atoms with Crippen molar-refractivity contribution in [2.24, 2.45) is 0 Å². The zero-order valence-electron chi connectivity index (χ0n) is 18.9. The summed E-state index contributed by atoms with van der Waals surface area (Å²) in [5.41, 5.74) is 3.50. The summed E-state index contributed by atoms with van der Waals surface area (Å²) in [5.74, 6) is 2.12. The Labute approximate surface area is 196 Å². The minimum atomic E-state index is -0.265. The van der Waals surface area contributed by atoms with E-state index in [4.69, 9.17) is 0 Å². The van der Waals surface area contributed by atoms with Gasteiger partial charge >= 0.3 is 0 Å². The molecule has 172 valence electrons. The largest absolute Gasteiger partial charge is 0.328 e. The molecule has 8 heteroatoms. The van der Waals surface area contributed by atoms with Crippen molar-refractivity contribution in [3.05, 3.63) is 89.8 Å². The van der Waals surface area contributed by atoms with Gasteiger partial charge in [-0.05, 0) is 48.6 Å². The number of benzene rings is 2. The van der Waals surface area contributed by atoms with E-state index in [9.17, 15) is 9.18 Å². The van der Waals surface area contributed by atoms with Crippen LogP contribution >= 0.6 is 0 Å². The lowest BCUT2D eigenvalue weighted by Gasteiger charge is -2.29. The van der Waals surface area contributed by atoms with Crippen molar-refractivity contribution < 1.29 is 9.18 Å². The van der Waals surface area contributed by atoms with Crippen molar-refractivity contribution >= 4 is 5.91 Å². The molecule has 1 saturated carbocycles. The molecule has 34 heavy (non-hydrogen) atoms. The maximum absolute atomic E-state index is 13.5. The van der Waals surface area contributed by atoms with Crippen molar-refractivity contribution in [2.45, 2.75) is 44.8 Å². The summed E-state index contributed by atoms with van der Waals surface area (Å²) in [6, 6.07) is 14.4. The molecular formula is C26H25FN6O. The number of aromatic nitrogens is 5. The number of carbonyl (C=O) groups is 1. The van der Waals surface area contributed by atoms with E-state index >= 15 is 0 Å². The summed E-state index contributed by atoms with van der Waals surface area (Å²) in [6.07, 6.45) is 5.69. The Bertz CT molecular complexity index is 1350. The summed E-state index contributed by atoms with van der Waals surface area (Å²) in [4.78, 5) is 19.7. The molecule has 0 saturated heterocycles. The Hall–Kier alpha value is -3.81. The molecule has 1 unspecified atom stereocenters. The van der Waals surface area contributed by atoms with Crippen molar-refractivity contribution in [2.75, 3.05) is 6.54 Å². The number of halogens is 1. The molecule has 0 N–H and O–H groups in total. The maximum atomic E-state index is 13.5. The van der Waals surface area contributed by atoms with Crippen molar-refractivity contribution in [1.82, 2.24) is 29.2 Å². The molecule has 1 aliphatic heterocycles. The summed E-state index contributed by atoms with van der Waals surface area (Å²) < 4.78 is 17.6. The zero-order chi connectivity index (χ0) is 23.2. The van der Waals surface area contributed by atoms with Gasteiger partial charge in [-0.2, -0.15) is 0 Å². The minimum Gasteiger partial charge on any atom is -0.328 e. The number of hydrogen-bond acceptors (Lipinski definition) is 4. The third kappa shape index (κ3) is 3.59. The number of amides is 1. The Morgan fingerprint density at radius 3 is 2.65 bits per heavy atom. The van der Waals surface area contributed by atoms with Gasteiger partial charge in [0, 0.05) is 19.0 Å². The number of imidazole rings is 1. The molecule has 0 bridgehead atoms. The van der Waals surface area contributed by atoms with Crippen LogP contribution in [0.1, 0.15) is 59.4 Å². The quantitative estimate of drug-likeness (QED) is 0.446. The number of nitrogens with zero attached hydrogens (tertiary/aromatic N) is 6. The second kappa shape index (κ2) is 8.20. The third-order valence-electron chi connectivity index (χ3n) is 6.88. The van der Waals surface area contributed by atoms with Crippen molar-refractivity contribution in [3.8, 4) is 11.1 Å². The topological polar surface area (TPSA) is 68.8 Å². The van der Waals surface area contributed by atoms with E-state index in [0.717, 1.165) is 34.9 Å². The van der Waals surface area contributed by atoms with Gasteiger partial charge < -0.3 is 14.0 Å². The average Bonchev–Trinajstić information content (AvgIpc) is 3.43. The van der Waals surface area contributed by atoms with Gasteiger partial charge in [0.1, 0.15) is 17.3 Å². The predicted octanol–water partition coefficient (Wildman–Crippen LogP) is 4.42. The lowest BCUT2D eigenvalue weighted by atomic mass is 9.95. The van der Waals surface area contributed by atoms with Crippen molar-refractivity contribution in [1.29, 1.82) is 0 Å². The van der Waals surface area contributed by atoms with Gasteiger partial charge in [0.15, 0.2) is 5.82 Å². The van der Waals surface area contributed by atoms with Gasteiger partial charge in [-0.1, -0.05) is 36.4 Å². The second-order valence-electron chi connectivity index (χ2n) is 9.08. The maximum Gasteiger partial charge on any atom is 0.272 e. The number of carbonyl (C=O) groups excluding carboxylic acids is 1. The Kier molecular flexibility index (Phi) is 5.01. The standard InChI is InChI=1S/C26H25FN6O/c1-17(21-4-2-3-5-22(21)18-8-10-20(27)11-9-18)33-16-28-14-23(33)26(34)31-12-13-32-24(15-31)29-30-25(32)19-6-7-19/h2-5,8-11,14,16-17,19H,6-7,12-13,15H2,1H3. The lowest BCUT2D eigenvalue weighted by Crippen LogP contribution is -2.39. The second-order valence-corrected chi connectivity index (χ2v) is 9.08. The van der Waals surface area contributed by atoms with Gasteiger partial charge in [0.05, 0.1) is 25.1 Å². The first-order chi connectivity index (χ1) is 16.6. The normalized spacial score (nSPS) is 16.4. The highest BCUT2D eigenvalue weighted by atomic mass is 19.1. The van der Waals surface area contributed by atoms with Gasteiger partial charge in [0.2, 0.25) is 0 Å². The van der Waals surface area contributed by atoms with Crippen LogP contribution in [0.5, 0.6) is 0 Å². The van der Waals surface area contributed by atoms with Gasteiger partial charge in [-0.3, -0.25) is 4.79 Å². The van der Waals surface area contributed by atoms with Crippen LogP contribution in [0.15, 0.2) is 61.1 Å². The molecule has 7 nitrogen and oxygen atoms in total. The zero-order valence-corrected chi connectivity index (χ0v) is 18.9. The smallest absolute Gasteiger partial charge is 0.272 e. The molecule has 3 heterocycles. The molecular weight excluding hydrogens is 431 g/mol. The van der Waals surface area contributed by atoms with Crippen molar-refractivity contribution in [3.63, 3.8) is 0 Å². The first-order valence-corrected chi connectivity index (χ1v) is 11.7. The SMILES string of the molecule is CC(c1ccccc1-c1ccc(F)cc1)n1cncc1C(=O)N1CCn2c(nnc2C2CC2)C1. The van der Waals surface area contributed by atoms with E-state index in [2.05, 4.69) is 26.7 Å². The lowest BCUT2D eigenvalue weighted by molar-refractivity contribution is 0.0694. The van der Waals surface area contributed by atoms with E-state index in [1.54, 1.807) is 24.7 Å². The van der Waals surface area contributed by atoms with E-state index in [0.29, 0.717) is 24.7 Å². The highest BCUT2D eigenvalue weighted by Gasteiger charge is 2.33. The van der Waals surface area contributed by atoms with Crippen LogP contribution in [-0.2, 0) is 13.1 Å². The van der Waals surface area contributed by atoms with Crippen LogP contribution in [0.4, 0.5) is 4.39 Å². The van der Waals surface area contributed by atoms with Crippen LogP contribution in [-0.4, -0.2) is 41.7 Å². The summed E-state index contributed by atoms with van der Waals surface area (Å²) in [7, 11) is 0. The van der Waals surface area contributed by atoms with E-state index in [1.165, 1.54) is 25.0 Å². The van der Waals surface area contributed by atoms with E-state index in [-0.39, 0.29) is 17.8 Å². The van der Waals surface area contributed by atoms with Gasteiger partial charge in [0.25, 0.3) is 5.91 Å². The Morgan fingerprint density at radius 2 is 1.85 bits per heavy atom. The van der Waals surface area contributed by atoms with Crippen LogP contribution in [0.2, 0.25) is 0 Å². The molecule has 1 amide bonds. The molecule has 4 aromatic rings. The molecule has 1 aliphatic carbocycles. The highest BCUT2D eigenvalue weighted by Crippen LogP contribution is 2.39. The molecule has 2 aromatic heterocycles. The summed E-state index contributed by atoms with van der Waals surface area (Å²) in [6.45, 7) is 3.84. The van der Waals surface area contributed by atoms with Gasteiger partial charge in [-0.15, -0.1) is 10.2 Å². The summed E-state index contributed by atoms with van der Waals surface area (Å²) >= 11 is 0. The van der Waals surface area contributed by atoms with Crippen LogP contribution in [0.3, 0.4) is 0 Å². The molecule has 6 rings (SSSR count). The van der Waals surface area contributed by atoms with Crippen LogP contribution in [0, 0.1) is 5.82 Å². The fraction of sp³-hybridized carbons (Fsp3) is 0.308. The molecule has 2 aliphatic rings. The Balaban J connectivity index is 1.28. The Morgan fingerprint density at radius 1 is 1.06 bits per heavy atom. The fourth-order valence-electron chi connectivity index (χ4n) is 4.84. The number of fused-ring (bicyclic) bond motifs is 1. The monoisotopic (exact) mass is 456 g/mol. The minimum absolute atomic E-state index is 0.0640. The number of hydrogen-bond donors (Lipinski definition) is 0. The first-order valence-electron chi connectivity index (χ1n) is 11.7. The van der Waals surface area contributed by atoms with E-state index < -0.39 is 0 Å². The predicted molar refractivity (Wildman–Crippen MR) is 125 cm³/mol. The molecule has 0 radical (unpaired) electrons. The summed E-state index contributed by atoms with van der Waals surface area (Å²) in [5, 5.41) is 8.74. The fourth-order valence-corrected chi connectivity index (χ4v) is 4.84. The number of rotatable bonds is 5. The van der Waals surface area contributed by atoms with Crippen LogP contribution < -0.4 is 0 Å². The molecule has 0 spiro atoms. The van der Waals surface area contributed by atoms with Gasteiger partial charge in [-0.25, -0.2) is 9.37 Å². The first kappa shape index (κ1) is 20.8. The molecule has 1 fully saturated rings. The third-order valence-corrected chi connectivity index (χ3v) is 6.88. The highest BCUT2D eigenvalue weighted by molar-refractivity contribution is 5.92.